The van der Waals surface area contributed by atoms with Crippen LogP contribution in [-0.2, 0) is 16.0 Å². The van der Waals surface area contributed by atoms with E-state index in [-0.39, 0.29) is 11.3 Å². The first-order valence-corrected chi connectivity index (χ1v) is 8.29. The summed E-state index contributed by atoms with van der Waals surface area (Å²) in [6.45, 7) is 4.02. The van der Waals surface area contributed by atoms with Crippen LogP contribution in [-0.4, -0.2) is 39.1 Å². The van der Waals surface area contributed by atoms with Gasteiger partial charge in [0, 0.05) is 12.2 Å². The Labute approximate surface area is 129 Å². The Bertz CT molecular complexity index is 532. The lowest BCUT2D eigenvalue weighted by atomic mass is 10.0. The maximum Gasteiger partial charge on any atom is 0.327 e. The highest BCUT2D eigenvalue weighted by atomic mass is 32.2. The summed E-state index contributed by atoms with van der Waals surface area (Å²) in [5.41, 5.74) is 2.32. The minimum absolute atomic E-state index is 0.00419. The molecule has 1 amide bonds. The molecule has 0 aliphatic carbocycles. The van der Waals surface area contributed by atoms with Crippen molar-refractivity contribution in [2.24, 2.45) is 0 Å². The van der Waals surface area contributed by atoms with E-state index in [1.807, 2.05) is 38.1 Å². The van der Waals surface area contributed by atoms with E-state index in [0.29, 0.717) is 18.6 Å². The third-order valence-corrected chi connectivity index (χ3v) is 5.34. The molecule has 1 fully saturated rings. The smallest absolute Gasteiger partial charge is 0.327 e. The predicted octanol–water partition coefficient (Wildman–Crippen LogP) is 2.69. The van der Waals surface area contributed by atoms with E-state index in [0.717, 1.165) is 12.0 Å². The summed E-state index contributed by atoms with van der Waals surface area (Å²) in [5.74, 6) is -0.463. The van der Waals surface area contributed by atoms with Crippen LogP contribution in [0.25, 0.3) is 0 Å². The topological polar surface area (TPSA) is 57.6 Å². The molecule has 2 unspecified atom stereocenters. The molecule has 5 heteroatoms. The quantitative estimate of drug-likeness (QED) is 0.908. The molecule has 0 bridgehead atoms. The number of carbonyl (C=O) groups excluding carboxylic acids is 1. The van der Waals surface area contributed by atoms with E-state index in [2.05, 4.69) is 0 Å². The lowest BCUT2D eigenvalue weighted by molar-refractivity contribution is -0.149. The van der Waals surface area contributed by atoms with Crippen LogP contribution in [0.5, 0.6) is 0 Å². The highest BCUT2D eigenvalue weighted by Gasteiger charge is 2.40. The van der Waals surface area contributed by atoms with Gasteiger partial charge in [0.1, 0.15) is 6.04 Å². The van der Waals surface area contributed by atoms with Gasteiger partial charge in [-0.15, -0.1) is 11.8 Å². The highest BCUT2D eigenvalue weighted by Crippen LogP contribution is 2.32. The third kappa shape index (κ3) is 3.59. The molecule has 4 nitrogen and oxygen atoms in total. The Morgan fingerprint density at radius 1 is 1.38 bits per heavy atom. The van der Waals surface area contributed by atoms with Crippen LogP contribution in [0.1, 0.15) is 30.9 Å². The number of rotatable bonds is 5. The van der Waals surface area contributed by atoms with Crippen molar-refractivity contribution >= 4 is 23.6 Å². The second-order valence-electron chi connectivity index (χ2n) is 5.28. The van der Waals surface area contributed by atoms with Gasteiger partial charge in [0.15, 0.2) is 0 Å². The summed E-state index contributed by atoms with van der Waals surface area (Å²) in [6.07, 6.45) is 1.81. The van der Waals surface area contributed by atoms with Crippen molar-refractivity contribution in [2.45, 2.75) is 44.5 Å². The molecule has 0 spiro atoms. The van der Waals surface area contributed by atoms with Crippen molar-refractivity contribution in [3.8, 4) is 0 Å². The first kappa shape index (κ1) is 15.9. The zero-order chi connectivity index (χ0) is 15.4. The number of hydrogen-bond acceptors (Lipinski definition) is 3. The van der Waals surface area contributed by atoms with Gasteiger partial charge in [-0.25, -0.2) is 4.79 Å². The molecule has 2 atom stereocenters. The highest BCUT2D eigenvalue weighted by molar-refractivity contribution is 8.00. The zero-order valence-corrected chi connectivity index (χ0v) is 13.2. The van der Waals surface area contributed by atoms with E-state index in [4.69, 9.17) is 0 Å². The van der Waals surface area contributed by atoms with Crippen LogP contribution in [0.3, 0.4) is 0 Å². The maximum atomic E-state index is 12.5. The molecule has 2 rings (SSSR count). The molecule has 0 saturated carbocycles. The van der Waals surface area contributed by atoms with Crippen molar-refractivity contribution in [2.75, 3.05) is 5.75 Å². The number of nitrogens with zero attached hydrogens (tertiary/aromatic N) is 1. The fourth-order valence-corrected chi connectivity index (χ4v) is 4.03. The fraction of sp³-hybridized carbons (Fsp3) is 0.500. The molecule has 114 valence electrons. The first-order valence-electron chi connectivity index (χ1n) is 7.24. The molecule has 1 aromatic carbocycles. The van der Waals surface area contributed by atoms with E-state index in [9.17, 15) is 14.7 Å². The van der Waals surface area contributed by atoms with Crippen LogP contribution in [0.15, 0.2) is 24.3 Å². The fourth-order valence-electron chi connectivity index (χ4n) is 2.66. The summed E-state index contributed by atoms with van der Waals surface area (Å²) in [6, 6.07) is 7.32. The van der Waals surface area contributed by atoms with Crippen molar-refractivity contribution < 1.29 is 14.7 Å². The summed E-state index contributed by atoms with van der Waals surface area (Å²) in [7, 11) is 0. The SMILES string of the molecule is CCC1SCC(C(=O)O)N1C(=O)CCc1ccccc1C. The van der Waals surface area contributed by atoms with Gasteiger partial charge in [-0.3, -0.25) is 4.79 Å². The summed E-state index contributed by atoms with van der Waals surface area (Å²) in [5, 5.41) is 9.26. The molecular weight excluding hydrogens is 286 g/mol. The molecule has 1 N–H and O–H groups in total. The van der Waals surface area contributed by atoms with Crippen LogP contribution in [0, 0.1) is 6.92 Å². The first-order chi connectivity index (χ1) is 10.0. The number of benzene rings is 1. The minimum atomic E-state index is -0.900. The zero-order valence-electron chi connectivity index (χ0n) is 12.4. The molecule has 1 aliphatic rings. The minimum Gasteiger partial charge on any atom is -0.480 e. The molecule has 21 heavy (non-hydrogen) atoms. The van der Waals surface area contributed by atoms with Crippen LogP contribution in [0.4, 0.5) is 0 Å². The third-order valence-electron chi connectivity index (χ3n) is 3.88. The summed E-state index contributed by atoms with van der Waals surface area (Å²) >= 11 is 1.56. The number of carboxylic acid groups (broad SMARTS) is 1. The molecule has 1 aromatic rings. The Kier molecular flexibility index (Phi) is 5.28. The van der Waals surface area contributed by atoms with E-state index >= 15 is 0 Å². The average Bonchev–Trinajstić information content (AvgIpc) is 2.90. The van der Waals surface area contributed by atoms with Crippen molar-refractivity contribution in [1.82, 2.24) is 4.90 Å². The molecule has 1 heterocycles. The number of amides is 1. The van der Waals surface area contributed by atoms with Crippen molar-refractivity contribution in [1.29, 1.82) is 0 Å². The van der Waals surface area contributed by atoms with Gasteiger partial charge in [0.25, 0.3) is 0 Å². The van der Waals surface area contributed by atoms with Gasteiger partial charge in [-0.1, -0.05) is 31.2 Å². The molecule has 1 aliphatic heterocycles. The Hall–Kier alpha value is -1.49. The number of aliphatic carboxylic acids is 1. The molecule has 1 saturated heterocycles. The van der Waals surface area contributed by atoms with Gasteiger partial charge in [0.05, 0.1) is 5.37 Å². The van der Waals surface area contributed by atoms with Crippen LogP contribution < -0.4 is 0 Å². The van der Waals surface area contributed by atoms with Crippen LogP contribution in [0.2, 0.25) is 0 Å². The number of carboxylic acids is 1. The number of aryl methyl sites for hydroxylation is 2. The lowest BCUT2D eigenvalue weighted by Gasteiger charge is -2.26. The maximum absolute atomic E-state index is 12.5. The number of carbonyl (C=O) groups is 2. The number of hydrogen-bond donors (Lipinski definition) is 1. The van der Waals surface area contributed by atoms with Gasteiger partial charge >= 0.3 is 5.97 Å². The van der Waals surface area contributed by atoms with Gasteiger partial charge in [-0.2, -0.15) is 0 Å². The second kappa shape index (κ2) is 6.98. The Morgan fingerprint density at radius 3 is 2.71 bits per heavy atom. The standard InChI is InChI=1S/C16H21NO3S/c1-3-15-17(13(10-21-15)16(19)20)14(18)9-8-12-7-5-4-6-11(12)2/h4-7,13,15H,3,8-10H2,1-2H3,(H,19,20). The van der Waals surface area contributed by atoms with Crippen molar-refractivity contribution in [3.05, 3.63) is 35.4 Å². The second-order valence-corrected chi connectivity index (χ2v) is 6.49. The van der Waals surface area contributed by atoms with E-state index < -0.39 is 12.0 Å². The van der Waals surface area contributed by atoms with Crippen molar-refractivity contribution in [3.63, 3.8) is 0 Å². The van der Waals surface area contributed by atoms with Gasteiger partial charge in [-0.05, 0) is 30.9 Å². The average molecular weight is 307 g/mol. The van der Waals surface area contributed by atoms with Gasteiger partial charge in [0.2, 0.25) is 5.91 Å². The normalized spacial score (nSPS) is 21.5. The summed E-state index contributed by atoms with van der Waals surface area (Å²) < 4.78 is 0. The predicted molar refractivity (Wildman–Crippen MR) is 84.3 cm³/mol. The Morgan fingerprint density at radius 2 is 2.10 bits per heavy atom. The molecular formula is C16H21NO3S. The number of thioether (sulfide) groups is 1. The largest absolute Gasteiger partial charge is 0.480 e. The summed E-state index contributed by atoms with van der Waals surface area (Å²) in [4.78, 5) is 25.3. The molecule has 0 aromatic heterocycles. The van der Waals surface area contributed by atoms with E-state index in [1.165, 1.54) is 5.56 Å². The monoisotopic (exact) mass is 307 g/mol. The molecule has 0 radical (unpaired) electrons. The van der Waals surface area contributed by atoms with Gasteiger partial charge < -0.3 is 10.0 Å². The van der Waals surface area contributed by atoms with Crippen LogP contribution >= 0.6 is 11.8 Å². The van der Waals surface area contributed by atoms with E-state index in [1.54, 1.807) is 16.7 Å². The lowest BCUT2D eigenvalue weighted by Crippen LogP contribution is -2.45. The Balaban J connectivity index is 2.04.